The molecule has 0 aliphatic rings. The van der Waals surface area contributed by atoms with Gasteiger partial charge in [0.1, 0.15) is 9.71 Å². The van der Waals surface area contributed by atoms with Gasteiger partial charge in [0.25, 0.3) is 0 Å². The van der Waals surface area contributed by atoms with Crippen molar-refractivity contribution >= 4 is 43.8 Å². The molecule has 4 aromatic carbocycles. The zero-order valence-corrected chi connectivity index (χ0v) is 19.0. The molecule has 0 unspecified atom stereocenters. The monoisotopic (exact) mass is 456 g/mol. The first-order valence-electron chi connectivity index (χ1n) is 11.1. The molecular weight excluding hydrogens is 436 g/mol. The van der Waals surface area contributed by atoms with Crippen molar-refractivity contribution in [1.29, 1.82) is 0 Å². The van der Waals surface area contributed by atoms with E-state index in [2.05, 4.69) is 48.5 Å². The smallest absolute Gasteiger partial charge is 0.205 e. The van der Waals surface area contributed by atoms with Crippen molar-refractivity contribution in [3.63, 3.8) is 0 Å². The van der Waals surface area contributed by atoms with Gasteiger partial charge in [-0.05, 0) is 28.0 Å². The Labute approximate surface area is 201 Å². The number of pyridine rings is 1. The molecule has 3 nitrogen and oxygen atoms in total. The minimum absolute atomic E-state index is 0.0770. The van der Waals surface area contributed by atoms with Crippen LogP contribution in [0.2, 0.25) is 0 Å². The summed E-state index contributed by atoms with van der Waals surface area (Å²) in [5.74, 6) is -0.0770. The van der Waals surface area contributed by atoms with Gasteiger partial charge < -0.3 is 5.73 Å². The van der Waals surface area contributed by atoms with Crippen LogP contribution in [0, 0.1) is 0 Å². The molecule has 0 amide bonds. The Balaban J connectivity index is 1.64. The minimum Gasteiger partial charge on any atom is -0.397 e. The van der Waals surface area contributed by atoms with Crippen LogP contribution in [-0.2, 0) is 0 Å². The zero-order valence-electron chi connectivity index (χ0n) is 18.2. The van der Waals surface area contributed by atoms with E-state index in [-0.39, 0.29) is 5.78 Å². The number of ketones is 1. The molecule has 2 N–H and O–H groups in total. The van der Waals surface area contributed by atoms with Gasteiger partial charge in [-0.2, -0.15) is 0 Å². The summed E-state index contributed by atoms with van der Waals surface area (Å²) < 4.78 is 0. The van der Waals surface area contributed by atoms with E-state index < -0.39 is 0 Å². The number of anilines is 1. The molecule has 0 saturated carbocycles. The Morgan fingerprint density at radius 2 is 1.41 bits per heavy atom. The van der Waals surface area contributed by atoms with Crippen molar-refractivity contribution in [2.45, 2.75) is 0 Å². The Hall–Kier alpha value is -4.28. The van der Waals surface area contributed by atoms with Crippen LogP contribution in [0.1, 0.15) is 15.2 Å². The first-order valence-corrected chi connectivity index (χ1v) is 11.9. The quantitative estimate of drug-likeness (QED) is 0.278. The molecule has 0 spiro atoms. The molecule has 34 heavy (non-hydrogen) atoms. The number of nitrogens with two attached hydrogens (primary N) is 1. The predicted molar refractivity (Wildman–Crippen MR) is 142 cm³/mol. The minimum atomic E-state index is -0.0770. The second kappa shape index (κ2) is 8.25. The molecule has 162 valence electrons. The summed E-state index contributed by atoms with van der Waals surface area (Å²) in [4.78, 5) is 19.6. The third kappa shape index (κ3) is 3.36. The summed E-state index contributed by atoms with van der Waals surface area (Å²) in [6.45, 7) is 0. The number of rotatable bonds is 4. The number of thiophene rings is 1. The third-order valence-corrected chi connectivity index (χ3v) is 7.19. The van der Waals surface area contributed by atoms with Crippen LogP contribution in [-0.4, -0.2) is 10.8 Å². The standard InChI is InChI=1S/C30H20N2OS/c31-27-26-24(20-10-3-1-4-11-20)18-25(23-17-9-15-19-12-7-8-16-22(19)23)32-30(26)34-29(27)28(33)21-13-5-2-6-14-21/h1-18H,31H2. The van der Waals surface area contributed by atoms with Gasteiger partial charge in [0.15, 0.2) is 0 Å². The van der Waals surface area contributed by atoms with E-state index in [0.717, 1.165) is 43.4 Å². The van der Waals surface area contributed by atoms with Crippen molar-refractivity contribution in [2.75, 3.05) is 5.73 Å². The second-order valence-corrected chi connectivity index (χ2v) is 9.17. The van der Waals surface area contributed by atoms with Crippen LogP contribution in [0.4, 0.5) is 5.69 Å². The summed E-state index contributed by atoms with van der Waals surface area (Å²) >= 11 is 1.36. The van der Waals surface area contributed by atoms with Crippen molar-refractivity contribution < 1.29 is 4.79 Å². The number of hydrogen-bond donors (Lipinski definition) is 1. The van der Waals surface area contributed by atoms with Gasteiger partial charge in [-0.3, -0.25) is 4.79 Å². The first kappa shape index (κ1) is 20.3. The van der Waals surface area contributed by atoms with Crippen molar-refractivity contribution in [2.24, 2.45) is 0 Å². The molecule has 0 aliphatic carbocycles. The molecule has 0 aliphatic heterocycles. The fraction of sp³-hybridized carbons (Fsp3) is 0. The highest BCUT2D eigenvalue weighted by Crippen LogP contribution is 2.42. The average molecular weight is 457 g/mol. The molecule has 6 rings (SSSR count). The van der Waals surface area contributed by atoms with E-state index >= 15 is 0 Å². The van der Waals surface area contributed by atoms with Crippen LogP contribution in [0.25, 0.3) is 43.4 Å². The van der Waals surface area contributed by atoms with Crippen molar-refractivity contribution in [1.82, 2.24) is 4.98 Å². The topological polar surface area (TPSA) is 56.0 Å². The number of fused-ring (bicyclic) bond motifs is 2. The number of aromatic nitrogens is 1. The predicted octanol–water partition coefficient (Wildman–Crippen LogP) is 7.60. The largest absolute Gasteiger partial charge is 0.397 e. The fourth-order valence-electron chi connectivity index (χ4n) is 4.44. The lowest BCUT2D eigenvalue weighted by molar-refractivity contribution is 0.104. The van der Waals surface area contributed by atoms with Gasteiger partial charge in [0.2, 0.25) is 5.78 Å². The number of carbonyl (C=O) groups excluding carboxylic acids is 1. The molecule has 6 aromatic rings. The van der Waals surface area contributed by atoms with Gasteiger partial charge in [-0.25, -0.2) is 4.98 Å². The highest BCUT2D eigenvalue weighted by Gasteiger charge is 2.22. The second-order valence-electron chi connectivity index (χ2n) is 8.17. The lowest BCUT2D eigenvalue weighted by Gasteiger charge is -2.11. The number of carbonyl (C=O) groups is 1. The lowest BCUT2D eigenvalue weighted by atomic mass is 9.96. The molecule has 0 atom stereocenters. The molecule has 0 fully saturated rings. The summed E-state index contributed by atoms with van der Waals surface area (Å²) in [6.07, 6.45) is 0. The van der Waals surface area contributed by atoms with E-state index in [1.165, 1.54) is 11.3 Å². The third-order valence-electron chi connectivity index (χ3n) is 6.09. The number of nitrogens with zero attached hydrogens (tertiary/aromatic N) is 1. The Kier molecular flexibility index (Phi) is 4.93. The zero-order chi connectivity index (χ0) is 23.1. The lowest BCUT2D eigenvalue weighted by Crippen LogP contribution is -2.01. The molecule has 2 heterocycles. The summed E-state index contributed by atoms with van der Waals surface area (Å²) in [6, 6.07) is 36.1. The SMILES string of the molecule is Nc1c(C(=O)c2ccccc2)sc2nc(-c3cccc4ccccc34)cc(-c3ccccc3)c12. The normalized spacial score (nSPS) is 11.2. The van der Waals surface area contributed by atoms with Crippen LogP contribution in [0.3, 0.4) is 0 Å². The number of benzene rings is 4. The number of hydrogen-bond acceptors (Lipinski definition) is 4. The maximum atomic E-state index is 13.3. The van der Waals surface area contributed by atoms with Crippen molar-refractivity contribution in [3.8, 4) is 22.4 Å². The van der Waals surface area contributed by atoms with Crippen molar-refractivity contribution in [3.05, 3.63) is 120 Å². The van der Waals surface area contributed by atoms with Crippen LogP contribution in [0.15, 0.2) is 109 Å². The molecule has 4 heteroatoms. The summed E-state index contributed by atoms with van der Waals surface area (Å²) in [7, 11) is 0. The van der Waals surface area contributed by atoms with E-state index in [4.69, 9.17) is 10.7 Å². The van der Waals surface area contributed by atoms with E-state index in [0.29, 0.717) is 16.1 Å². The highest BCUT2D eigenvalue weighted by molar-refractivity contribution is 7.21. The van der Waals surface area contributed by atoms with Gasteiger partial charge in [-0.1, -0.05) is 103 Å². The molecule has 0 radical (unpaired) electrons. The fourth-order valence-corrected chi connectivity index (χ4v) is 5.52. The van der Waals surface area contributed by atoms with E-state index in [1.54, 1.807) is 0 Å². The molecule has 0 bridgehead atoms. The summed E-state index contributed by atoms with van der Waals surface area (Å²) in [5.41, 5.74) is 11.7. The number of nitrogen functional groups attached to an aromatic ring is 1. The molecule has 0 saturated heterocycles. The van der Waals surface area contributed by atoms with Gasteiger partial charge in [-0.15, -0.1) is 11.3 Å². The van der Waals surface area contributed by atoms with Gasteiger partial charge in [0, 0.05) is 16.5 Å². The highest BCUT2D eigenvalue weighted by atomic mass is 32.1. The van der Waals surface area contributed by atoms with E-state index in [9.17, 15) is 4.79 Å². The maximum absolute atomic E-state index is 13.3. The molecule has 2 aromatic heterocycles. The van der Waals surface area contributed by atoms with Gasteiger partial charge >= 0.3 is 0 Å². The summed E-state index contributed by atoms with van der Waals surface area (Å²) in [5, 5.41) is 3.13. The molecular formula is C30H20N2OS. The van der Waals surface area contributed by atoms with Crippen LogP contribution in [0.5, 0.6) is 0 Å². The Morgan fingerprint density at radius 3 is 2.21 bits per heavy atom. The van der Waals surface area contributed by atoms with Crippen LogP contribution < -0.4 is 5.73 Å². The maximum Gasteiger partial charge on any atom is 0.205 e. The first-order chi connectivity index (χ1) is 16.7. The van der Waals surface area contributed by atoms with Gasteiger partial charge in [0.05, 0.1) is 11.4 Å². The Morgan fingerprint density at radius 1 is 0.735 bits per heavy atom. The average Bonchev–Trinajstić information content (AvgIpc) is 3.24. The van der Waals surface area contributed by atoms with Crippen LogP contribution >= 0.6 is 11.3 Å². The Bertz CT molecular complexity index is 1670. The van der Waals surface area contributed by atoms with E-state index in [1.807, 2.05) is 60.7 Å².